The van der Waals surface area contributed by atoms with Crippen molar-refractivity contribution < 1.29 is 9.59 Å². The van der Waals surface area contributed by atoms with Crippen LogP contribution in [-0.2, 0) is 4.79 Å². The monoisotopic (exact) mass is 315 g/mol. The van der Waals surface area contributed by atoms with E-state index in [9.17, 15) is 9.59 Å². The van der Waals surface area contributed by atoms with E-state index in [1.54, 1.807) is 11.8 Å². The van der Waals surface area contributed by atoms with Crippen LogP contribution in [0.25, 0.3) is 0 Å². The van der Waals surface area contributed by atoms with Gasteiger partial charge in [-0.05, 0) is 44.7 Å². The first kappa shape index (κ1) is 16.0. The standard InChI is InChI=1S/C18H25N3O2/c1-13-4-6-16(7-5-13)21-15(3)17(22)20(18(21)23)12-19-10-8-14(2)9-11-19/h4-7,14-15H,8-12H2,1-3H3. The van der Waals surface area contributed by atoms with Gasteiger partial charge in [0.25, 0.3) is 5.91 Å². The van der Waals surface area contributed by atoms with Crippen LogP contribution in [0.1, 0.15) is 32.3 Å². The second-order valence-electron chi connectivity index (χ2n) is 6.87. The lowest BCUT2D eigenvalue weighted by Gasteiger charge is -2.32. The number of piperidine rings is 1. The molecule has 5 heteroatoms. The van der Waals surface area contributed by atoms with Gasteiger partial charge in [-0.1, -0.05) is 24.6 Å². The van der Waals surface area contributed by atoms with Crippen molar-refractivity contribution in [1.29, 1.82) is 0 Å². The molecule has 5 nitrogen and oxygen atoms in total. The number of hydrogen-bond donors (Lipinski definition) is 0. The Morgan fingerprint density at radius 1 is 1.04 bits per heavy atom. The van der Waals surface area contributed by atoms with Crippen molar-refractivity contribution >= 4 is 17.6 Å². The molecule has 0 bridgehead atoms. The maximum Gasteiger partial charge on any atom is 0.333 e. The number of carbonyl (C=O) groups is 2. The van der Waals surface area contributed by atoms with Crippen molar-refractivity contribution in [3.05, 3.63) is 29.8 Å². The van der Waals surface area contributed by atoms with Crippen LogP contribution < -0.4 is 4.90 Å². The fourth-order valence-corrected chi connectivity index (χ4v) is 3.30. The molecular weight excluding hydrogens is 290 g/mol. The molecule has 1 aromatic carbocycles. The maximum atomic E-state index is 12.8. The van der Waals surface area contributed by atoms with E-state index in [1.165, 1.54) is 4.90 Å². The fraction of sp³-hybridized carbons (Fsp3) is 0.556. The third-order valence-electron chi connectivity index (χ3n) is 4.98. The summed E-state index contributed by atoms with van der Waals surface area (Å²) in [4.78, 5) is 30.5. The molecule has 1 aromatic rings. The zero-order valence-corrected chi connectivity index (χ0v) is 14.2. The predicted octanol–water partition coefficient (Wildman–Crippen LogP) is 2.84. The van der Waals surface area contributed by atoms with Gasteiger partial charge in [-0.3, -0.25) is 14.6 Å². The zero-order chi connectivity index (χ0) is 16.6. The van der Waals surface area contributed by atoms with E-state index in [0.29, 0.717) is 6.67 Å². The van der Waals surface area contributed by atoms with E-state index in [-0.39, 0.29) is 11.9 Å². The highest BCUT2D eigenvalue weighted by atomic mass is 16.2. The summed E-state index contributed by atoms with van der Waals surface area (Å²) in [6.07, 6.45) is 2.26. The molecule has 0 N–H and O–H groups in total. The molecule has 2 fully saturated rings. The summed E-state index contributed by atoms with van der Waals surface area (Å²) < 4.78 is 0. The van der Waals surface area contributed by atoms with Crippen LogP contribution >= 0.6 is 0 Å². The summed E-state index contributed by atoms with van der Waals surface area (Å²) in [5, 5.41) is 0. The van der Waals surface area contributed by atoms with Gasteiger partial charge in [-0.25, -0.2) is 9.69 Å². The number of benzene rings is 1. The average Bonchev–Trinajstić information content (AvgIpc) is 2.74. The Hall–Kier alpha value is -1.88. The molecule has 124 valence electrons. The molecule has 0 radical (unpaired) electrons. The Kier molecular flexibility index (Phi) is 4.39. The van der Waals surface area contributed by atoms with Gasteiger partial charge in [-0.2, -0.15) is 0 Å². The van der Waals surface area contributed by atoms with E-state index in [1.807, 2.05) is 31.2 Å². The van der Waals surface area contributed by atoms with Crippen molar-refractivity contribution in [2.45, 2.75) is 39.7 Å². The topological polar surface area (TPSA) is 43.9 Å². The Morgan fingerprint density at radius 2 is 1.65 bits per heavy atom. The van der Waals surface area contributed by atoms with Crippen LogP contribution in [0.3, 0.4) is 0 Å². The number of rotatable bonds is 3. The molecule has 2 aliphatic rings. The van der Waals surface area contributed by atoms with Crippen LogP contribution in [-0.4, -0.2) is 47.5 Å². The maximum absolute atomic E-state index is 12.8. The van der Waals surface area contributed by atoms with Crippen LogP contribution in [0, 0.1) is 12.8 Å². The number of likely N-dealkylation sites (tertiary alicyclic amines) is 1. The van der Waals surface area contributed by atoms with Gasteiger partial charge >= 0.3 is 6.03 Å². The number of nitrogens with zero attached hydrogens (tertiary/aromatic N) is 3. The number of imide groups is 1. The predicted molar refractivity (Wildman–Crippen MR) is 90.2 cm³/mol. The first-order valence-corrected chi connectivity index (χ1v) is 8.41. The highest BCUT2D eigenvalue weighted by molar-refractivity contribution is 6.14. The van der Waals surface area contributed by atoms with E-state index in [4.69, 9.17) is 0 Å². The normalized spacial score (nSPS) is 23.9. The van der Waals surface area contributed by atoms with E-state index in [0.717, 1.165) is 43.1 Å². The highest BCUT2D eigenvalue weighted by Crippen LogP contribution is 2.27. The lowest BCUT2D eigenvalue weighted by Crippen LogP contribution is -2.45. The van der Waals surface area contributed by atoms with Crippen LogP contribution in [0.2, 0.25) is 0 Å². The summed E-state index contributed by atoms with van der Waals surface area (Å²) in [5.41, 5.74) is 1.93. The quantitative estimate of drug-likeness (QED) is 0.806. The Bertz CT molecular complexity index is 591. The van der Waals surface area contributed by atoms with Gasteiger partial charge in [0.05, 0.1) is 6.67 Å². The molecular formula is C18H25N3O2. The molecule has 3 rings (SSSR count). The van der Waals surface area contributed by atoms with Gasteiger partial charge in [0.15, 0.2) is 0 Å². The number of carbonyl (C=O) groups excluding carboxylic acids is 2. The number of urea groups is 1. The van der Waals surface area contributed by atoms with Crippen LogP contribution in [0.15, 0.2) is 24.3 Å². The second-order valence-corrected chi connectivity index (χ2v) is 6.87. The molecule has 0 saturated carbocycles. The molecule has 3 amide bonds. The lowest BCUT2D eigenvalue weighted by molar-refractivity contribution is -0.128. The Balaban J connectivity index is 1.74. The molecule has 1 atom stereocenters. The van der Waals surface area contributed by atoms with Crippen LogP contribution in [0.5, 0.6) is 0 Å². The number of anilines is 1. The molecule has 0 aliphatic carbocycles. The molecule has 1 unspecified atom stereocenters. The number of aryl methyl sites for hydroxylation is 1. The Morgan fingerprint density at radius 3 is 2.26 bits per heavy atom. The van der Waals surface area contributed by atoms with Gasteiger partial charge in [0, 0.05) is 18.8 Å². The third-order valence-corrected chi connectivity index (χ3v) is 4.98. The van der Waals surface area contributed by atoms with Crippen molar-refractivity contribution in [2.75, 3.05) is 24.7 Å². The summed E-state index contributed by atoms with van der Waals surface area (Å²) in [7, 11) is 0. The van der Waals surface area contributed by atoms with E-state index < -0.39 is 6.04 Å². The first-order valence-electron chi connectivity index (χ1n) is 8.41. The average molecular weight is 315 g/mol. The number of amides is 3. The second kappa shape index (κ2) is 6.32. The van der Waals surface area contributed by atoms with Crippen molar-refractivity contribution in [1.82, 2.24) is 9.80 Å². The first-order chi connectivity index (χ1) is 11.0. The smallest absolute Gasteiger partial charge is 0.285 e. The van der Waals surface area contributed by atoms with Crippen LogP contribution in [0.4, 0.5) is 10.5 Å². The summed E-state index contributed by atoms with van der Waals surface area (Å²) in [6, 6.07) is 7.11. The summed E-state index contributed by atoms with van der Waals surface area (Å²) in [6.45, 7) is 8.39. The van der Waals surface area contributed by atoms with Crippen molar-refractivity contribution in [3.63, 3.8) is 0 Å². The molecule has 2 heterocycles. The van der Waals surface area contributed by atoms with E-state index in [2.05, 4.69) is 11.8 Å². The lowest BCUT2D eigenvalue weighted by atomic mass is 10.00. The Labute approximate surface area is 137 Å². The molecule has 0 spiro atoms. The largest absolute Gasteiger partial charge is 0.333 e. The van der Waals surface area contributed by atoms with Crippen molar-refractivity contribution in [2.24, 2.45) is 5.92 Å². The number of hydrogen-bond acceptors (Lipinski definition) is 3. The van der Waals surface area contributed by atoms with Crippen molar-refractivity contribution in [3.8, 4) is 0 Å². The molecule has 23 heavy (non-hydrogen) atoms. The molecule has 2 aliphatic heterocycles. The minimum Gasteiger partial charge on any atom is -0.285 e. The van der Waals surface area contributed by atoms with Gasteiger partial charge in [0.1, 0.15) is 6.04 Å². The molecule has 2 saturated heterocycles. The zero-order valence-electron chi connectivity index (χ0n) is 14.2. The van der Waals surface area contributed by atoms with Gasteiger partial charge in [-0.15, -0.1) is 0 Å². The minimum absolute atomic E-state index is 0.103. The van der Waals surface area contributed by atoms with Gasteiger partial charge in [0.2, 0.25) is 0 Å². The SMILES string of the molecule is Cc1ccc(N2C(=O)N(CN3CCC(C)CC3)C(=O)C2C)cc1. The van der Waals surface area contributed by atoms with Gasteiger partial charge < -0.3 is 0 Å². The highest BCUT2D eigenvalue weighted by Gasteiger charge is 2.43. The molecule has 0 aromatic heterocycles. The summed E-state index contributed by atoms with van der Waals surface area (Å²) >= 11 is 0. The minimum atomic E-state index is -0.436. The van der Waals surface area contributed by atoms with E-state index >= 15 is 0 Å². The summed E-state index contributed by atoms with van der Waals surface area (Å²) in [5.74, 6) is 0.633. The fourth-order valence-electron chi connectivity index (χ4n) is 3.30. The third kappa shape index (κ3) is 3.11.